The minimum atomic E-state index is -0.643. The first kappa shape index (κ1) is 15.8. The first-order valence-electron chi connectivity index (χ1n) is 6.03. The Morgan fingerprint density at radius 3 is 2.79 bits per heavy atom. The van der Waals surface area contributed by atoms with E-state index in [9.17, 15) is 5.11 Å². The highest BCUT2D eigenvalue weighted by molar-refractivity contribution is 7.80. The highest BCUT2D eigenvalue weighted by Gasteiger charge is 2.11. The molecule has 19 heavy (non-hydrogen) atoms. The van der Waals surface area contributed by atoms with E-state index in [1.165, 1.54) is 0 Å². The molecule has 0 spiro atoms. The second-order valence-corrected chi connectivity index (χ2v) is 4.75. The summed E-state index contributed by atoms with van der Waals surface area (Å²) in [7, 11) is 1.82. The molecule has 0 saturated heterocycles. The summed E-state index contributed by atoms with van der Waals surface area (Å²) >= 11 is 4.93. The Balaban J connectivity index is 2.50. The van der Waals surface area contributed by atoms with E-state index < -0.39 is 6.10 Å². The number of para-hydroxylation sites is 1. The van der Waals surface area contributed by atoms with Crippen molar-refractivity contribution in [1.29, 1.82) is 0 Å². The van der Waals surface area contributed by atoms with E-state index in [1.54, 1.807) is 12.1 Å². The summed E-state index contributed by atoms with van der Waals surface area (Å²) in [4.78, 5) is 2.09. The standard InChI is InChI=1S/C13H20N2O3S/c1-15(6-7-16)8-10(17)9-18-12-5-3-2-4-11(12)13(14)19/h2-5,10,16-17H,6-9H2,1H3,(H2,14,19). The van der Waals surface area contributed by atoms with Gasteiger partial charge in [0.25, 0.3) is 0 Å². The lowest BCUT2D eigenvalue weighted by molar-refractivity contribution is 0.0710. The maximum atomic E-state index is 9.82. The van der Waals surface area contributed by atoms with Gasteiger partial charge in [0, 0.05) is 13.1 Å². The lowest BCUT2D eigenvalue weighted by atomic mass is 10.2. The summed E-state index contributed by atoms with van der Waals surface area (Å²) in [5.74, 6) is 0.568. The normalized spacial score (nSPS) is 12.4. The van der Waals surface area contributed by atoms with Crippen molar-refractivity contribution < 1.29 is 14.9 Å². The number of nitrogens with two attached hydrogens (primary N) is 1. The van der Waals surface area contributed by atoms with Crippen LogP contribution in [0.25, 0.3) is 0 Å². The molecule has 1 aromatic carbocycles. The third-order valence-corrected chi connectivity index (χ3v) is 2.81. The Kier molecular flexibility index (Phi) is 6.72. The lowest BCUT2D eigenvalue weighted by Crippen LogP contribution is -2.34. The average Bonchev–Trinajstić information content (AvgIpc) is 2.36. The Bertz CT molecular complexity index is 415. The van der Waals surface area contributed by atoms with E-state index in [0.29, 0.717) is 24.4 Å². The van der Waals surface area contributed by atoms with Gasteiger partial charge in [-0.3, -0.25) is 0 Å². The number of aliphatic hydroxyl groups is 2. The van der Waals surface area contributed by atoms with Crippen molar-refractivity contribution in [3.63, 3.8) is 0 Å². The van der Waals surface area contributed by atoms with Gasteiger partial charge in [-0.1, -0.05) is 24.4 Å². The Morgan fingerprint density at radius 1 is 1.47 bits per heavy atom. The minimum absolute atomic E-state index is 0.0638. The van der Waals surface area contributed by atoms with Crippen LogP contribution in [0.4, 0.5) is 0 Å². The first-order valence-corrected chi connectivity index (χ1v) is 6.44. The molecular formula is C13H20N2O3S. The molecule has 1 aromatic rings. The fourth-order valence-corrected chi connectivity index (χ4v) is 1.83. The van der Waals surface area contributed by atoms with Crippen LogP contribution in [0, 0.1) is 0 Å². The molecule has 0 aliphatic rings. The van der Waals surface area contributed by atoms with E-state index in [0.717, 1.165) is 0 Å². The lowest BCUT2D eigenvalue weighted by Gasteiger charge is -2.20. The Labute approximate surface area is 118 Å². The molecule has 4 N–H and O–H groups in total. The number of hydrogen-bond acceptors (Lipinski definition) is 5. The molecule has 0 saturated carbocycles. The number of hydrogen-bond donors (Lipinski definition) is 3. The second-order valence-electron chi connectivity index (χ2n) is 4.31. The fraction of sp³-hybridized carbons (Fsp3) is 0.462. The third kappa shape index (κ3) is 5.52. The van der Waals surface area contributed by atoms with E-state index in [-0.39, 0.29) is 18.2 Å². The van der Waals surface area contributed by atoms with Crippen LogP contribution in [0.1, 0.15) is 5.56 Å². The van der Waals surface area contributed by atoms with Crippen LogP contribution < -0.4 is 10.5 Å². The summed E-state index contributed by atoms with van der Waals surface area (Å²) in [5.41, 5.74) is 6.25. The fourth-order valence-electron chi connectivity index (χ4n) is 1.66. The molecule has 106 valence electrons. The number of ether oxygens (including phenoxy) is 1. The number of rotatable bonds is 8. The van der Waals surface area contributed by atoms with Gasteiger partial charge in [0.15, 0.2) is 0 Å². The van der Waals surface area contributed by atoms with Crippen LogP contribution in [-0.2, 0) is 0 Å². The zero-order chi connectivity index (χ0) is 14.3. The molecule has 0 aromatic heterocycles. The Hall–Kier alpha value is -1.21. The molecule has 5 nitrogen and oxygen atoms in total. The SMILES string of the molecule is CN(CCO)CC(O)COc1ccccc1C(N)=S. The van der Waals surface area contributed by atoms with Crippen LogP contribution in [-0.4, -0.2) is 59.6 Å². The van der Waals surface area contributed by atoms with Crippen LogP contribution >= 0.6 is 12.2 Å². The zero-order valence-electron chi connectivity index (χ0n) is 11.0. The minimum Gasteiger partial charge on any atom is -0.490 e. The number of benzene rings is 1. The molecule has 0 fully saturated rings. The monoisotopic (exact) mass is 284 g/mol. The van der Waals surface area contributed by atoms with Crippen molar-refractivity contribution in [2.45, 2.75) is 6.10 Å². The largest absolute Gasteiger partial charge is 0.490 e. The topological polar surface area (TPSA) is 79.0 Å². The predicted molar refractivity (Wildman–Crippen MR) is 78.4 cm³/mol. The molecule has 6 heteroatoms. The molecule has 0 radical (unpaired) electrons. The Morgan fingerprint density at radius 2 is 2.16 bits per heavy atom. The van der Waals surface area contributed by atoms with Gasteiger partial charge in [-0.25, -0.2) is 0 Å². The van der Waals surface area contributed by atoms with E-state index in [4.69, 9.17) is 27.8 Å². The maximum Gasteiger partial charge on any atom is 0.129 e. The van der Waals surface area contributed by atoms with Crippen LogP contribution in [0.15, 0.2) is 24.3 Å². The van der Waals surface area contributed by atoms with Crippen molar-refractivity contribution in [3.05, 3.63) is 29.8 Å². The van der Waals surface area contributed by atoms with Gasteiger partial charge in [-0.15, -0.1) is 0 Å². The molecule has 1 rings (SSSR count). The second kappa shape index (κ2) is 8.06. The van der Waals surface area contributed by atoms with Gasteiger partial charge in [0.1, 0.15) is 23.4 Å². The van der Waals surface area contributed by atoms with Crippen LogP contribution in [0.5, 0.6) is 5.75 Å². The van der Waals surface area contributed by atoms with Crippen LogP contribution in [0.2, 0.25) is 0 Å². The molecule has 0 amide bonds. The van der Waals surface area contributed by atoms with Crippen molar-refractivity contribution in [2.75, 3.05) is 33.4 Å². The number of nitrogens with zero attached hydrogens (tertiary/aromatic N) is 1. The quantitative estimate of drug-likeness (QED) is 0.583. The third-order valence-electron chi connectivity index (χ3n) is 2.59. The van der Waals surface area contributed by atoms with E-state index >= 15 is 0 Å². The molecule has 0 bridgehead atoms. The average molecular weight is 284 g/mol. The van der Waals surface area contributed by atoms with Gasteiger partial charge in [-0.2, -0.15) is 0 Å². The number of aliphatic hydroxyl groups excluding tert-OH is 2. The van der Waals surface area contributed by atoms with Crippen molar-refractivity contribution >= 4 is 17.2 Å². The number of thiocarbonyl (C=S) groups is 1. The van der Waals surface area contributed by atoms with Crippen molar-refractivity contribution in [3.8, 4) is 5.75 Å². The van der Waals surface area contributed by atoms with Gasteiger partial charge < -0.3 is 25.6 Å². The van der Waals surface area contributed by atoms with E-state index in [1.807, 2.05) is 24.1 Å². The van der Waals surface area contributed by atoms with Crippen molar-refractivity contribution in [1.82, 2.24) is 4.90 Å². The van der Waals surface area contributed by atoms with Crippen molar-refractivity contribution in [2.24, 2.45) is 5.73 Å². The molecule has 0 heterocycles. The summed E-state index contributed by atoms with van der Waals surface area (Å²) in [6.07, 6.45) is -0.643. The zero-order valence-corrected chi connectivity index (χ0v) is 11.8. The number of likely N-dealkylation sites (N-methyl/N-ethyl adjacent to an activating group) is 1. The van der Waals surface area contributed by atoms with Gasteiger partial charge >= 0.3 is 0 Å². The molecular weight excluding hydrogens is 264 g/mol. The first-order chi connectivity index (χ1) is 9.04. The molecule has 0 aliphatic carbocycles. The molecule has 0 aliphatic heterocycles. The summed E-state index contributed by atoms with van der Waals surface area (Å²) in [6, 6.07) is 7.19. The van der Waals surface area contributed by atoms with Gasteiger partial charge in [0.2, 0.25) is 0 Å². The molecule has 1 atom stereocenters. The van der Waals surface area contributed by atoms with Gasteiger partial charge in [0.05, 0.1) is 12.2 Å². The molecule has 1 unspecified atom stereocenters. The van der Waals surface area contributed by atoms with E-state index in [2.05, 4.69) is 0 Å². The summed E-state index contributed by atoms with van der Waals surface area (Å²) < 4.78 is 5.53. The smallest absolute Gasteiger partial charge is 0.129 e. The highest BCUT2D eigenvalue weighted by Crippen LogP contribution is 2.17. The maximum absolute atomic E-state index is 9.82. The summed E-state index contributed by atoms with van der Waals surface area (Å²) in [6.45, 7) is 1.15. The summed E-state index contributed by atoms with van der Waals surface area (Å²) in [5, 5.41) is 18.6. The van der Waals surface area contributed by atoms with Gasteiger partial charge in [-0.05, 0) is 19.2 Å². The highest BCUT2D eigenvalue weighted by atomic mass is 32.1. The van der Waals surface area contributed by atoms with Crippen LogP contribution in [0.3, 0.4) is 0 Å². The predicted octanol–water partition coefficient (Wildman–Crippen LogP) is -0.0154.